The van der Waals surface area contributed by atoms with E-state index < -0.39 is 12.0 Å². The van der Waals surface area contributed by atoms with Gasteiger partial charge in [-0.1, -0.05) is 0 Å². The molecule has 1 aliphatic heterocycles. The molecule has 0 saturated carbocycles. The first kappa shape index (κ1) is 11.2. The Morgan fingerprint density at radius 2 is 2.12 bits per heavy atom. The number of benzene rings is 1. The second-order valence-corrected chi connectivity index (χ2v) is 4.32. The number of halogens is 2. The van der Waals surface area contributed by atoms with E-state index in [1.165, 1.54) is 12.1 Å². The van der Waals surface area contributed by atoms with Crippen LogP contribution in [0.2, 0.25) is 0 Å². The van der Waals surface area contributed by atoms with Crippen LogP contribution in [0.25, 0.3) is 0 Å². The maximum Gasteiger partial charge on any atom is 0.280 e. The molecule has 1 heterocycles. The van der Waals surface area contributed by atoms with E-state index in [4.69, 9.17) is 9.47 Å². The zero-order chi connectivity index (χ0) is 11.9. The van der Waals surface area contributed by atoms with Gasteiger partial charge in [0.05, 0.1) is 6.10 Å². The Morgan fingerprint density at radius 3 is 2.75 bits per heavy atom. The maximum atomic E-state index is 13.6. The molecular formula is C12H14F2O2. The summed E-state index contributed by atoms with van der Waals surface area (Å²) in [6.45, 7) is 4.84. The molecule has 2 rings (SSSR count). The Kier molecular flexibility index (Phi) is 2.52. The first-order valence-corrected chi connectivity index (χ1v) is 5.23. The number of ether oxygens (including phenoxy) is 2. The topological polar surface area (TPSA) is 18.5 Å². The lowest BCUT2D eigenvalue weighted by molar-refractivity contribution is -0.0831. The molecule has 2 nitrogen and oxygen atoms in total. The molecule has 0 fully saturated rings. The van der Waals surface area contributed by atoms with Crippen LogP contribution in [0.5, 0.6) is 11.5 Å². The summed E-state index contributed by atoms with van der Waals surface area (Å²) in [7, 11) is 0. The third-order valence-corrected chi connectivity index (χ3v) is 2.39. The molecule has 1 aromatic carbocycles. The van der Waals surface area contributed by atoms with Gasteiger partial charge in [-0.05, 0) is 26.0 Å². The fourth-order valence-corrected chi connectivity index (χ4v) is 1.70. The van der Waals surface area contributed by atoms with Gasteiger partial charge in [-0.25, -0.2) is 4.39 Å². The van der Waals surface area contributed by atoms with Crippen molar-refractivity contribution in [1.29, 1.82) is 0 Å². The minimum absolute atomic E-state index is 0.0115. The molecule has 0 amide bonds. The van der Waals surface area contributed by atoms with Gasteiger partial charge in [-0.3, -0.25) is 0 Å². The van der Waals surface area contributed by atoms with Crippen LogP contribution < -0.4 is 9.47 Å². The number of rotatable bonds is 2. The highest BCUT2D eigenvalue weighted by Gasteiger charge is 2.46. The van der Waals surface area contributed by atoms with Gasteiger partial charge < -0.3 is 9.47 Å². The number of hydrogen-bond acceptors (Lipinski definition) is 2. The Labute approximate surface area is 93.2 Å². The maximum absolute atomic E-state index is 13.6. The minimum Gasteiger partial charge on any atom is -0.491 e. The molecule has 0 radical (unpaired) electrons. The van der Waals surface area contributed by atoms with Crippen molar-refractivity contribution < 1.29 is 18.3 Å². The molecule has 2 atom stereocenters. The first-order chi connectivity index (χ1) is 7.40. The zero-order valence-electron chi connectivity index (χ0n) is 9.46. The lowest BCUT2D eigenvalue weighted by atomic mass is 10.1. The van der Waals surface area contributed by atoms with Crippen LogP contribution in [0.15, 0.2) is 18.2 Å². The molecule has 4 heteroatoms. The van der Waals surface area contributed by atoms with Crippen molar-refractivity contribution in [1.82, 2.24) is 0 Å². The Hall–Kier alpha value is -1.32. The number of alkyl halides is 2. The van der Waals surface area contributed by atoms with Crippen molar-refractivity contribution in [2.24, 2.45) is 0 Å². The monoisotopic (exact) mass is 228 g/mol. The van der Waals surface area contributed by atoms with Gasteiger partial charge in [-0.2, -0.15) is 4.39 Å². The molecular weight excluding hydrogens is 214 g/mol. The van der Waals surface area contributed by atoms with E-state index >= 15 is 0 Å². The molecule has 88 valence electrons. The fourth-order valence-electron chi connectivity index (χ4n) is 1.70. The molecule has 0 aliphatic carbocycles. The van der Waals surface area contributed by atoms with Crippen LogP contribution >= 0.6 is 0 Å². The van der Waals surface area contributed by atoms with Gasteiger partial charge >= 0.3 is 0 Å². The van der Waals surface area contributed by atoms with Crippen LogP contribution in [0, 0.1) is 0 Å². The van der Waals surface area contributed by atoms with E-state index in [1.807, 2.05) is 13.8 Å². The molecule has 1 aliphatic rings. The predicted octanol–water partition coefficient (Wildman–Crippen LogP) is 3.56. The smallest absolute Gasteiger partial charge is 0.280 e. The quantitative estimate of drug-likeness (QED) is 0.770. The van der Waals surface area contributed by atoms with E-state index in [9.17, 15) is 8.78 Å². The van der Waals surface area contributed by atoms with E-state index in [0.717, 1.165) is 6.92 Å². The van der Waals surface area contributed by atoms with Crippen LogP contribution in [-0.2, 0) is 0 Å². The summed E-state index contributed by atoms with van der Waals surface area (Å²) in [5.41, 5.74) is 0.237. The summed E-state index contributed by atoms with van der Waals surface area (Å²) in [4.78, 5) is 0. The summed E-state index contributed by atoms with van der Waals surface area (Å²) in [5, 5.41) is 0. The van der Waals surface area contributed by atoms with Gasteiger partial charge in [0.25, 0.3) is 5.85 Å². The summed E-state index contributed by atoms with van der Waals surface area (Å²) >= 11 is 0. The molecule has 0 spiro atoms. The standard InChI is InChI=1S/C12H14F2O2/c1-7(2)15-8-4-5-9-10(6-8)16-12(3,14)11(9)13/h4-7,11H,1-3H3. The highest BCUT2D eigenvalue weighted by Crippen LogP contribution is 2.47. The third-order valence-electron chi connectivity index (χ3n) is 2.39. The van der Waals surface area contributed by atoms with Gasteiger partial charge in [-0.15, -0.1) is 0 Å². The van der Waals surface area contributed by atoms with Crippen LogP contribution in [0.4, 0.5) is 8.78 Å². The molecule has 16 heavy (non-hydrogen) atoms. The molecule has 0 aromatic heterocycles. The Bertz CT molecular complexity index is 402. The van der Waals surface area contributed by atoms with E-state index in [1.54, 1.807) is 6.07 Å². The highest BCUT2D eigenvalue weighted by molar-refractivity contribution is 5.45. The van der Waals surface area contributed by atoms with Crippen molar-refractivity contribution >= 4 is 0 Å². The summed E-state index contributed by atoms with van der Waals surface area (Å²) in [5.74, 6) is -1.51. The van der Waals surface area contributed by atoms with Crippen molar-refractivity contribution in [3.05, 3.63) is 23.8 Å². The van der Waals surface area contributed by atoms with Crippen molar-refractivity contribution in [3.63, 3.8) is 0 Å². The van der Waals surface area contributed by atoms with E-state index in [0.29, 0.717) is 5.75 Å². The van der Waals surface area contributed by atoms with Gasteiger partial charge in [0.1, 0.15) is 11.5 Å². The van der Waals surface area contributed by atoms with Gasteiger partial charge in [0, 0.05) is 18.6 Å². The molecule has 0 bridgehead atoms. The molecule has 0 saturated heterocycles. The molecule has 1 aromatic rings. The predicted molar refractivity (Wildman–Crippen MR) is 56.2 cm³/mol. The Morgan fingerprint density at radius 1 is 1.44 bits per heavy atom. The van der Waals surface area contributed by atoms with Gasteiger partial charge in [0.2, 0.25) is 0 Å². The second-order valence-electron chi connectivity index (χ2n) is 4.32. The fraction of sp³-hybridized carbons (Fsp3) is 0.500. The SMILES string of the molecule is CC(C)Oc1ccc2c(c1)OC(C)(F)C2F. The summed E-state index contributed by atoms with van der Waals surface area (Å²) in [6, 6.07) is 4.64. The lowest BCUT2D eigenvalue weighted by Crippen LogP contribution is -2.25. The zero-order valence-corrected chi connectivity index (χ0v) is 9.46. The van der Waals surface area contributed by atoms with Gasteiger partial charge in [0.15, 0.2) is 6.17 Å². The Balaban J connectivity index is 2.30. The minimum atomic E-state index is -2.28. The van der Waals surface area contributed by atoms with Crippen LogP contribution in [0.3, 0.4) is 0 Å². The number of fused-ring (bicyclic) bond motifs is 1. The van der Waals surface area contributed by atoms with Crippen LogP contribution in [-0.4, -0.2) is 12.0 Å². The summed E-state index contributed by atoms with van der Waals surface area (Å²) < 4.78 is 37.4. The van der Waals surface area contributed by atoms with Crippen molar-refractivity contribution in [2.45, 2.75) is 38.9 Å². The normalized spacial score (nSPS) is 27.8. The molecule has 0 N–H and O–H groups in total. The van der Waals surface area contributed by atoms with E-state index in [-0.39, 0.29) is 17.4 Å². The number of hydrogen-bond donors (Lipinski definition) is 0. The third kappa shape index (κ3) is 1.84. The lowest BCUT2D eigenvalue weighted by Gasteiger charge is -2.15. The van der Waals surface area contributed by atoms with Crippen molar-refractivity contribution in [2.75, 3.05) is 0 Å². The van der Waals surface area contributed by atoms with Crippen LogP contribution in [0.1, 0.15) is 32.5 Å². The first-order valence-electron chi connectivity index (χ1n) is 5.23. The largest absolute Gasteiger partial charge is 0.491 e. The average molecular weight is 228 g/mol. The second kappa shape index (κ2) is 3.61. The average Bonchev–Trinajstić information content (AvgIpc) is 2.36. The summed E-state index contributed by atoms with van der Waals surface area (Å²) in [6.07, 6.45) is -1.73. The molecule has 2 unspecified atom stereocenters. The highest BCUT2D eigenvalue weighted by atomic mass is 19.2. The van der Waals surface area contributed by atoms with Crippen molar-refractivity contribution in [3.8, 4) is 11.5 Å². The van der Waals surface area contributed by atoms with E-state index in [2.05, 4.69) is 0 Å².